The Morgan fingerprint density at radius 1 is 1.57 bits per heavy atom. The first-order chi connectivity index (χ1) is 3.27. The molecule has 0 spiro atoms. The van der Waals surface area contributed by atoms with Gasteiger partial charge in [-0.05, 0) is 12.2 Å². The molecular formula is C4H3O3-. The van der Waals surface area contributed by atoms with Crippen LogP contribution in [0.4, 0.5) is 0 Å². The fraction of sp³-hybridized carbons (Fsp3) is 0. The molecule has 0 amide bonds. The van der Waals surface area contributed by atoms with E-state index >= 15 is 0 Å². The minimum atomic E-state index is -1.35. The number of carboxylic acid groups (broad SMARTS) is 1. The Balaban J connectivity index is 3.46. The summed E-state index contributed by atoms with van der Waals surface area (Å²) in [5.74, 6) is -1.35. The Labute approximate surface area is 40.3 Å². The fourth-order valence-electron chi connectivity index (χ4n) is 0.118. The molecule has 0 N–H and O–H groups in total. The molecule has 0 aromatic carbocycles. The molecule has 0 saturated carbocycles. The topological polar surface area (TPSA) is 57.2 Å². The molecular weight excluding hydrogens is 96.0 g/mol. The van der Waals surface area contributed by atoms with E-state index in [2.05, 4.69) is 0 Å². The van der Waals surface area contributed by atoms with Crippen molar-refractivity contribution in [2.75, 3.05) is 0 Å². The van der Waals surface area contributed by atoms with Crippen molar-refractivity contribution >= 4 is 12.3 Å². The standard InChI is InChI=1S/C4H4O3/c5-3-1-2-4(6)7/h1-3H,(H,6,7)/p-1/b2-1+. The van der Waals surface area contributed by atoms with E-state index in [4.69, 9.17) is 0 Å². The van der Waals surface area contributed by atoms with Crippen LogP contribution in [0.1, 0.15) is 0 Å². The molecule has 0 aliphatic heterocycles. The maximum absolute atomic E-state index is 9.40. The van der Waals surface area contributed by atoms with E-state index in [0.717, 1.165) is 6.08 Å². The Morgan fingerprint density at radius 3 is 2.29 bits per heavy atom. The highest BCUT2D eigenvalue weighted by Crippen LogP contribution is 1.59. The second-order valence-electron chi connectivity index (χ2n) is 0.814. The number of aldehydes is 1. The molecule has 0 aromatic heterocycles. The summed E-state index contributed by atoms with van der Waals surface area (Å²) in [5.41, 5.74) is 0. The van der Waals surface area contributed by atoms with Crippen molar-refractivity contribution in [2.45, 2.75) is 0 Å². The maximum atomic E-state index is 9.40. The summed E-state index contributed by atoms with van der Waals surface area (Å²) in [5, 5.41) is 9.40. The first-order valence-corrected chi connectivity index (χ1v) is 1.60. The molecule has 0 unspecified atom stereocenters. The van der Waals surface area contributed by atoms with E-state index in [1.807, 2.05) is 0 Å². The lowest BCUT2D eigenvalue weighted by Crippen LogP contribution is -2.18. The van der Waals surface area contributed by atoms with Crippen LogP contribution in [0.5, 0.6) is 0 Å². The molecule has 0 fully saturated rings. The SMILES string of the molecule is O=C/C=C/C(=O)[O-]. The average molecular weight is 99.1 g/mol. The lowest BCUT2D eigenvalue weighted by molar-refractivity contribution is -0.297. The van der Waals surface area contributed by atoms with Gasteiger partial charge in [0.25, 0.3) is 0 Å². The smallest absolute Gasteiger partial charge is 0.142 e. The second-order valence-corrected chi connectivity index (χ2v) is 0.814. The van der Waals surface area contributed by atoms with Crippen LogP contribution >= 0.6 is 0 Å². The highest BCUT2D eigenvalue weighted by molar-refractivity contribution is 5.83. The van der Waals surface area contributed by atoms with Crippen molar-refractivity contribution in [3.8, 4) is 0 Å². The van der Waals surface area contributed by atoms with Crippen LogP contribution in [0, 0.1) is 0 Å². The lowest BCUT2D eigenvalue weighted by Gasteiger charge is -1.83. The Bertz CT molecular complexity index is 104. The monoisotopic (exact) mass is 99.0 g/mol. The summed E-state index contributed by atoms with van der Waals surface area (Å²) < 4.78 is 0. The summed E-state index contributed by atoms with van der Waals surface area (Å²) in [6, 6.07) is 0. The highest BCUT2D eigenvalue weighted by Gasteiger charge is 1.65. The highest BCUT2D eigenvalue weighted by atomic mass is 16.4. The molecule has 0 rings (SSSR count). The van der Waals surface area contributed by atoms with Gasteiger partial charge in [-0.2, -0.15) is 0 Å². The number of hydrogen-bond acceptors (Lipinski definition) is 3. The van der Waals surface area contributed by atoms with Gasteiger partial charge < -0.3 is 9.90 Å². The van der Waals surface area contributed by atoms with Crippen molar-refractivity contribution in [3.63, 3.8) is 0 Å². The van der Waals surface area contributed by atoms with Crippen molar-refractivity contribution in [2.24, 2.45) is 0 Å². The average Bonchev–Trinajstić information content (AvgIpc) is 1.61. The minimum Gasteiger partial charge on any atom is -0.545 e. The third-order valence-corrected chi connectivity index (χ3v) is 0.311. The largest absolute Gasteiger partial charge is 0.545 e. The van der Waals surface area contributed by atoms with E-state index in [1.165, 1.54) is 0 Å². The number of aliphatic carboxylic acids is 1. The first kappa shape index (κ1) is 5.88. The van der Waals surface area contributed by atoms with Gasteiger partial charge in [0.05, 0.1) is 5.97 Å². The Morgan fingerprint density at radius 2 is 2.14 bits per heavy atom. The van der Waals surface area contributed by atoms with Gasteiger partial charge in [-0.25, -0.2) is 0 Å². The molecule has 0 saturated heterocycles. The van der Waals surface area contributed by atoms with Gasteiger partial charge in [0.15, 0.2) is 0 Å². The molecule has 0 aromatic rings. The molecule has 7 heavy (non-hydrogen) atoms. The van der Waals surface area contributed by atoms with Crippen LogP contribution in [0.2, 0.25) is 0 Å². The van der Waals surface area contributed by atoms with Crippen LogP contribution in [0.25, 0.3) is 0 Å². The van der Waals surface area contributed by atoms with Gasteiger partial charge in [-0.3, -0.25) is 4.79 Å². The van der Waals surface area contributed by atoms with Gasteiger partial charge in [0.2, 0.25) is 0 Å². The number of rotatable bonds is 2. The first-order valence-electron chi connectivity index (χ1n) is 1.60. The molecule has 0 aliphatic carbocycles. The van der Waals surface area contributed by atoms with Crippen LogP contribution in [-0.4, -0.2) is 12.3 Å². The third-order valence-electron chi connectivity index (χ3n) is 0.311. The van der Waals surface area contributed by atoms with Gasteiger partial charge in [0.1, 0.15) is 6.29 Å². The normalized spacial score (nSPS) is 9.14. The van der Waals surface area contributed by atoms with Crippen molar-refractivity contribution in [1.82, 2.24) is 0 Å². The molecule has 0 radical (unpaired) electrons. The lowest BCUT2D eigenvalue weighted by atomic mass is 10.5. The molecule has 0 heterocycles. The second kappa shape index (κ2) is 3.08. The predicted octanol–water partition coefficient (Wildman–Crippen LogP) is -1.51. The summed E-state index contributed by atoms with van der Waals surface area (Å²) in [6.45, 7) is 0. The van der Waals surface area contributed by atoms with E-state index in [-0.39, 0.29) is 0 Å². The van der Waals surface area contributed by atoms with E-state index in [0.29, 0.717) is 12.4 Å². The van der Waals surface area contributed by atoms with Gasteiger partial charge in [0, 0.05) is 0 Å². The van der Waals surface area contributed by atoms with Crippen molar-refractivity contribution in [3.05, 3.63) is 12.2 Å². The summed E-state index contributed by atoms with van der Waals surface area (Å²) >= 11 is 0. The number of hydrogen-bond donors (Lipinski definition) is 0. The van der Waals surface area contributed by atoms with Gasteiger partial charge in [-0.1, -0.05) is 0 Å². The molecule has 0 atom stereocenters. The van der Waals surface area contributed by atoms with Crippen molar-refractivity contribution < 1.29 is 14.7 Å². The van der Waals surface area contributed by atoms with Gasteiger partial charge in [-0.15, -0.1) is 0 Å². The van der Waals surface area contributed by atoms with E-state index in [9.17, 15) is 14.7 Å². The zero-order valence-corrected chi connectivity index (χ0v) is 3.46. The summed E-state index contributed by atoms with van der Waals surface area (Å²) in [6.07, 6.45) is 1.89. The zero-order valence-electron chi connectivity index (χ0n) is 3.46. The van der Waals surface area contributed by atoms with Crippen LogP contribution in [0.3, 0.4) is 0 Å². The molecule has 0 aliphatic rings. The van der Waals surface area contributed by atoms with Crippen LogP contribution in [-0.2, 0) is 9.59 Å². The molecule has 3 nitrogen and oxygen atoms in total. The van der Waals surface area contributed by atoms with Crippen LogP contribution < -0.4 is 5.11 Å². The molecule has 3 heteroatoms. The molecule has 0 bridgehead atoms. The fourth-order valence-corrected chi connectivity index (χ4v) is 0.118. The number of allylic oxidation sites excluding steroid dienone is 1. The number of carbonyl (C=O) groups is 2. The molecule has 38 valence electrons. The van der Waals surface area contributed by atoms with E-state index < -0.39 is 5.97 Å². The number of carboxylic acids is 1. The van der Waals surface area contributed by atoms with Gasteiger partial charge >= 0.3 is 0 Å². The van der Waals surface area contributed by atoms with Crippen LogP contribution in [0.15, 0.2) is 12.2 Å². The zero-order chi connectivity index (χ0) is 5.70. The number of carbonyl (C=O) groups excluding carboxylic acids is 2. The summed E-state index contributed by atoms with van der Waals surface area (Å²) in [7, 11) is 0. The van der Waals surface area contributed by atoms with Crippen molar-refractivity contribution in [1.29, 1.82) is 0 Å². The summed E-state index contributed by atoms with van der Waals surface area (Å²) in [4.78, 5) is 18.7. The van der Waals surface area contributed by atoms with E-state index in [1.54, 1.807) is 0 Å². The predicted molar refractivity (Wildman–Crippen MR) is 20.2 cm³/mol. The quantitative estimate of drug-likeness (QED) is 0.312. The third kappa shape index (κ3) is 4.88. The Hall–Kier alpha value is -1.12. The maximum Gasteiger partial charge on any atom is 0.142 e. The Kier molecular flexibility index (Phi) is 2.59. The minimum absolute atomic E-state index is 0.371.